The van der Waals surface area contributed by atoms with Crippen molar-refractivity contribution in [3.05, 3.63) is 0 Å². The number of carboxylic acid groups (broad SMARTS) is 1. The second-order valence-corrected chi connectivity index (χ2v) is 8.07. The Morgan fingerprint density at radius 3 is 2.32 bits per heavy atom. The van der Waals surface area contributed by atoms with Crippen LogP contribution >= 0.6 is 0 Å². The molecular weight excluding hydrogens is 318 g/mol. The molecule has 1 saturated heterocycles. The van der Waals surface area contributed by atoms with Gasteiger partial charge in [0.05, 0.1) is 5.92 Å². The lowest BCUT2D eigenvalue weighted by Gasteiger charge is -2.35. The van der Waals surface area contributed by atoms with Gasteiger partial charge < -0.3 is 15.7 Å². The highest BCUT2D eigenvalue weighted by Gasteiger charge is 2.32. The molecule has 3 N–H and O–H groups in total. The van der Waals surface area contributed by atoms with Crippen molar-refractivity contribution in [2.45, 2.75) is 88.8 Å². The summed E-state index contributed by atoms with van der Waals surface area (Å²) in [5.74, 6) is -0.935. The van der Waals surface area contributed by atoms with E-state index in [-0.39, 0.29) is 18.0 Å². The van der Waals surface area contributed by atoms with Crippen LogP contribution in [0.1, 0.15) is 70.6 Å². The zero-order chi connectivity index (χ0) is 17.6. The summed E-state index contributed by atoms with van der Waals surface area (Å²) in [5.41, 5.74) is 0. The number of nitrogens with zero attached hydrogens (tertiary/aromatic N) is 1. The number of carbonyl (C=O) groups is 2. The number of urea groups is 1. The second kappa shape index (κ2) is 8.88. The number of nitrogens with one attached hydrogen (secondary N) is 2. The largest absolute Gasteiger partial charge is 0.481 e. The molecule has 0 spiro atoms. The lowest BCUT2D eigenvalue weighted by molar-refractivity contribution is -0.142. The number of likely N-dealkylation sites (tertiary alicyclic amines) is 1. The molecular formula is C19H33N3O3. The van der Waals surface area contributed by atoms with Gasteiger partial charge in [0.1, 0.15) is 0 Å². The Kier molecular flexibility index (Phi) is 6.57. The number of aliphatic carboxylic acids is 1. The van der Waals surface area contributed by atoms with Crippen LogP contribution in [0.2, 0.25) is 0 Å². The van der Waals surface area contributed by atoms with Crippen LogP contribution in [0.3, 0.4) is 0 Å². The third-order valence-electron chi connectivity index (χ3n) is 6.38. The molecule has 1 heterocycles. The van der Waals surface area contributed by atoms with Gasteiger partial charge in [0.2, 0.25) is 0 Å². The normalized spacial score (nSPS) is 31.6. The molecule has 3 aliphatic rings. The van der Waals surface area contributed by atoms with Gasteiger partial charge in [0, 0.05) is 24.7 Å². The smallest absolute Gasteiger partial charge is 0.315 e. The van der Waals surface area contributed by atoms with E-state index < -0.39 is 5.97 Å². The molecule has 2 amide bonds. The van der Waals surface area contributed by atoms with Gasteiger partial charge in [-0.25, -0.2) is 4.79 Å². The fraction of sp³-hybridized carbons (Fsp3) is 0.895. The molecule has 1 aliphatic heterocycles. The van der Waals surface area contributed by atoms with Crippen molar-refractivity contribution in [2.75, 3.05) is 13.1 Å². The number of hydrogen-bond donors (Lipinski definition) is 3. The Bertz CT molecular complexity index is 457. The zero-order valence-electron chi connectivity index (χ0n) is 15.2. The molecule has 6 heteroatoms. The summed E-state index contributed by atoms with van der Waals surface area (Å²) in [6.07, 6.45) is 12.0. The predicted octanol–water partition coefficient (Wildman–Crippen LogP) is 2.73. The van der Waals surface area contributed by atoms with E-state index in [1.165, 1.54) is 51.5 Å². The van der Waals surface area contributed by atoms with Crippen LogP contribution in [0, 0.1) is 5.92 Å². The van der Waals surface area contributed by atoms with Crippen LogP contribution < -0.4 is 10.6 Å². The molecule has 0 bridgehead atoms. The third-order valence-corrected chi connectivity index (χ3v) is 6.38. The summed E-state index contributed by atoms with van der Waals surface area (Å²) < 4.78 is 0. The van der Waals surface area contributed by atoms with Crippen LogP contribution in [0.5, 0.6) is 0 Å². The predicted molar refractivity (Wildman–Crippen MR) is 96.5 cm³/mol. The standard InChI is InChI=1S/C19H33N3O3/c23-18(24)14-8-10-15(11-9-14)21-19(25)20-13-17-7-4-12-22(17)16-5-2-1-3-6-16/h14-17H,1-13H2,(H,23,24)(H2,20,21,25). The molecule has 142 valence electrons. The van der Waals surface area contributed by atoms with E-state index in [0.717, 1.165) is 25.4 Å². The van der Waals surface area contributed by atoms with Crippen LogP contribution in [0.4, 0.5) is 4.79 Å². The molecule has 2 aliphatic carbocycles. The Morgan fingerprint density at radius 2 is 1.64 bits per heavy atom. The molecule has 1 atom stereocenters. The molecule has 0 aromatic rings. The maximum Gasteiger partial charge on any atom is 0.315 e. The van der Waals surface area contributed by atoms with Gasteiger partial charge in [-0.15, -0.1) is 0 Å². The second-order valence-electron chi connectivity index (χ2n) is 8.07. The number of amides is 2. The summed E-state index contributed by atoms with van der Waals surface area (Å²) >= 11 is 0. The minimum atomic E-state index is -0.702. The topological polar surface area (TPSA) is 81.7 Å². The van der Waals surface area contributed by atoms with Gasteiger partial charge in [-0.2, -0.15) is 0 Å². The Labute approximate surface area is 150 Å². The molecule has 3 rings (SSSR count). The summed E-state index contributed by atoms with van der Waals surface area (Å²) in [7, 11) is 0. The zero-order valence-corrected chi connectivity index (χ0v) is 15.2. The maximum absolute atomic E-state index is 12.2. The fourth-order valence-corrected chi connectivity index (χ4v) is 4.90. The molecule has 3 fully saturated rings. The summed E-state index contributed by atoms with van der Waals surface area (Å²) in [6, 6.07) is 1.23. The van der Waals surface area contributed by atoms with Gasteiger partial charge in [-0.3, -0.25) is 9.69 Å². The van der Waals surface area contributed by atoms with Gasteiger partial charge in [0.25, 0.3) is 0 Å². The van der Waals surface area contributed by atoms with E-state index in [9.17, 15) is 9.59 Å². The average molecular weight is 351 g/mol. The van der Waals surface area contributed by atoms with Crippen LogP contribution in [0.25, 0.3) is 0 Å². The number of carbonyl (C=O) groups excluding carboxylic acids is 1. The van der Waals surface area contributed by atoms with Crippen molar-refractivity contribution in [3.8, 4) is 0 Å². The first kappa shape index (κ1) is 18.5. The van der Waals surface area contributed by atoms with E-state index in [0.29, 0.717) is 18.9 Å². The van der Waals surface area contributed by atoms with E-state index >= 15 is 0 Å². The number of rotatable bonds is 5. The van der Waals surface area contributed by atoms with Crippen molar-refractivity contribution in [2.24, 2.45) is 5.92 Å². The van der Waals surface area contributed by atoms with E-state index in [1.54, 1.807) is 0 Å². The molecule has 25 heavy (non-hydrogen) atoms. The molecule has 2 saturated carbocycles. The Morgan fingerprint density at radius 1 is 0.920 bits per heavy atom. The monoisotopic (exact) mass is 351 g/mol. The highest BCUT2D eigenvalue weighted by Crippen LogP contribution is 2.29. The minimum Gasteiger partial charge on any atom is -0.481 e. The minimum absolute atomic E-state index is 0.0886. The summed E-state index contributed by atoms with van der Waals surface area (Å²) in [5, 5.41) is 15.1. The molecule has 0 radical (unpaired) electrons. The van der Waals surface area contributed by atoms with Crippen LogP contribution in [-0.2, 0) is 4.79 Å². The first-order chi connectivity index (χ1) is 12.1. The highest BCUT2D eigenvalue weighted by atomic mass is 16.4. The Balaban J connectivity index is 1.37. The fourth-order valence-electron chi connectivity index (χ4n) is 4.90. The number of carboxylic acids is 1. The van der Waals surface area contributed by atoms with Crippen molar-refractivity contribution in [1.29, 1.82) is 0 Å². The van der Waals surface area contributed by atoms with Crippen molar-refractivity contribution in [1.82, 2.24) is 15.5 Å². The van der Waals surface area contributed by atoms with Crippen molar-refractivity contribution in [3.63, 3.8) is 0 Å². The van der Waals surface area contributed by atoms with Gasteiger partial charge in [0.15, 0.2) is 0 Å². The first-order valence-corrected chi connectivity index (χ1v) is 10.2. The Hall–Kier alpha value is -1.30. The quantitative estimate of drug-likeness (QED) is 0.711. The average Bonchev–Trinajstić information content (AvgIpc) is 3.10. The van der Waals surface area contributed by atoms with E-state index in [2.05, 4.69) is 15.5 Å². The SMILES string of the molecule is O=C(NCC1CCCN1C1CCCCC1)NC1CCC(C(=O)O)CC1. The maximum atomic E-state index is 12.2. The third kappa shape index (κ3) is 5.09. The molecule has 6 nitrogen and oxygen atoms in total. The number of hydrogen-bond acceptors (Lipinski definition) is 3. The van der Waals surface area contributed by atoms with E-state index in [1.807, 2.05) is 0 Å². The molecule has 0 aromatic carbocycles. The van der Waals surface area contributed by atoms with Gasteiger partial charge >= 0.3 is 12.0 Å². The molecule has 0 aromatic heterocycles. The van der Waals surface area contributed by atoms with Gasteiger partial charge in [-0.1, -0.05) is 19.3 Å². The van der Waals surface area contributed by atoms with E-state index in [4.69, 9.17) is 5.11 Å². The highest BCUT2D eigenvalue weighted by molar-refractivity contribution is 5.74. The summed E-state index contributed by atoms with van der Waals surface area (Å²) in [4.78, 5) is 25.8. The van der Waals surface area contributed by atoms with Gasteiger partial charge in [-0.05, 0) is 57.9 Å². The van der Waals surface area contributed by atoms with Crippen LogP contribution in [-0.4, -0.2) is 53.2 Å². The first-order valence-electron chi connectivity index (χ1n) is 10.2. The van der Waals surface area contributed by atoms with Crippen molar-refractivity contribution < 1.29 is 14.7 Å². The van der Waals surface area contributed by atoms with Crippen molar-refractivity contribution >= 4 is 12.0 Å². The molecule has 1 unspecified atom stereocenters. The summed E-state index contributed by atoms with van der Waals surface area (Å²) in [6.45, 7) is 1.91. The lowest BCUT2D eigenvalue weighted by atomic mass is 9.86. The lowest BCUT2D eigenvalue weighted by Crippen LogP contribution is -2.49. The van der Waals surface area contributed by atoms with Crippen LogP contribution in [0.15, 0.2) is 0 Å².